The van der Waals surface area contributed by atoms with Gasteiger partial charge in [0.15, 0.2) is 0 Å². The maximum absolute atomic E-state index is 12.4. The van der Waals surface area contributed by atoms with E-state index in [4.69, 9.17) is 11.6 Å². The molecule has 4 rings (SSSR count). The number of para-hydroxylation sites is 1. The highest BCUT2D eigenvalue weighted by Gasteiger charge is 2.17. The minimum atomic E-state index is -0.741. The molecule has 0 bridgehead atoms. The van der Waals surface area contributed by atoms with E-state index in [-0.39, 0.29) is 5.56 Å². The standard InChI is InChI=1S/C22H19ClN4O3/c1-13(24-11-10-14-12-25-18-5-3-2-4-17(14)18)19-20(28)26-22(30)27(21(19)29)16-8-6-15(23)7-9-16/h2-9,12,25,29H,10-11H2,1H3,(H,26,28,30). The Morgan fingerprint density at radius 3 is 2.63 bits per heavy atom. The van der Waals surface area contributed by atoms with E-state index < -0.39 is 17.1 Å². The quantitative estimate of drug-likeness (QED) is 0.429. The fraction of sp³-hybridized carbons (Fsp3) is 0.136. The summed E-state index contributed by atoms with van der Waals surface area (Å²) in [4.78, 5) is 34.6. The molecule has 3 N–H and O–H groups in total. The van der Waals surface area contributed by atoms with Gasteiger partial charge in [0.2, 0.25) is 5.88 Å². The fourth-order valence-electron chi connectivity index (χ4n) is 3.44. The third-order valence-electron chi connectivity index (χ3n) is 4.94. The van der Waals surface area contributed by atoms with Crippen LogP contribution in [0.5, 0.6) is 5.88 Å². The molecule has 8 heteroatoms. The minimum Gasteiger partial charge on any atom is -0.493 e. The molecule has 0 aliphatic rings. The van der Waals surface area contributed by atoms with Crippen molar-refractivity contribution in [3.63, 3.8) is 0 Å². The first kappa shape index (κ1) is 19.7. The number of hydrogen-bond acceptors (Lipinski definition) is 4. The van der Waals surface area contributed by atoms with E-state index in [1.165, 1.54) is 0 Å². The summed E-state index contributed by atoms with van der Waals surface area (Å²) in [7, 11) is 0. The summed E-state index contributed by atoms with van der Waals surface area (Å²) >= 11 is 5.89. The molecule has 0 aliphatic heterocycles. The molecule has 4 aromatic rings. The summed E-state index contributed by atoms with van der Waals surface area (Å²) in [6.45, 7) is 2.06. The maximum Gasteiger partial charge on any atom is 0.335 e. The van der Waals surface area contributed by atoms with Gasteiger partial charge in [-0.3, -0.25) is 14.8 Å². The number of halogens is 1. The lowest BCUT2D eigenvalue weighted by molar-refractivity contribution is 0.429. The Kier molecular flexibility index (Phi) is 5.29. The largest absolute Gasteiger partial charge is 0.493 e. The average Bonchev–Trinajstić information content (AvgIpc) is 3.12. The van der Waals surface area contributed by atoms with Gasteiger partial charge in [0.05, 0.1) is 5.69 Å². The lowest BCUT2D eigenvalue weighted by atomic mass is 10.1. The first-order valence-corrected chi connectivity index (χ1v) is 9.74. The molecule has 0 radical (unpaired) electrons. The summed E-state index contributed by atoms with van der Waals surface area (Å²) in [6.07, 6.45) is 2.61. The number of H-pyrrole nitrogens is 2. The van der Waals surface area contributed by atoms with E-state index in [1.807, 2.05) is 30.5 Å². The number of benzene rings is 2. The van der Waals surface area contributed by atoms with Crippen LogP contribution in [0.1, 0.15) is 18.1 Å². The predicted octanol–water partition coefficient (Wildman–Crippen LogP) is 3.42. The van der Waals surface area contributed by atoms with E-state index >= 15 is 0 Å². The molecule has 2 aromatic carbocycles. The minimum absolute atomic E-state index is 0.0384. The van der Waals surface area contributed by atoms with E-state index in [2.05, 4.69) is 15.0 Å². The zero-order chi connectivity index (χ0) is 21.3. The van der Waals surface area contributed by atoms with Crippen molar-refractivity contribution in [1.82, 2.24) is 14.5 Å². The van der Waals surface area contributed by atoms with Crippen molar-refractivity contribution < 1.29 is 5.11 Å². The summed E-state index contributed by atoms with van der Waals surface area (Å²) < 4.78 is 1.02. The van der Waals surface area contributed by atoms with Gasteiger partial charge in [0, 0.05) is 34.4 Å². The van der Waals surface area contributed by atoms with Gasteiger partial charge in [-0.25, -0.2) is 9.36 Å². The van der Waals surface area contributed by atoms with Crippen LogP contribution in [0, 0.1) is 0 Å². The van der Waals surface area contributed by atoms with Crippen LogP contribution in [0.4, 0.5) is 0 Å². The van der Waals surface area contributed by atoms with Crippen molar-refractivity contribution >= 4 is 28.2 Å². The van der Waals surface area contributed by atoms with Crippen molar-refractivity contribution in [3.05, 3.63) is 91.7 Å². The van der Waals surface area contributed by atoms with Gasteiger partial charge in [-0.05, 0) is 49.2 Å². The highest BCUT2D eigenvalue weighted by molar-refractivity contribution is 6.30. The molecule has 0 saturated heterocycles. The molecular weight excluding hydrogens is 404 g/mol. The molecule has 7 nitrogen and oxygen atoms in total. The van der Waals surface area contributed by atoms with Gasteiger partial charge in [0.1, 0.15) is 5.56 Å². The molecule has 0 saturated carbocycles. The monoisotopic (exact) mass is 422 g/mol. The normalized spacial score (nSPS) is 11.9. The number of rotatable bonds is 5. The van der Waals surface area contributed by atoms with Gasteiger partial charge in [0.25, 0.3) is 5.56 Å². The first-order chi connectivity index (χ1) is 14.5. The molecule has 0 fully saturated rings. The smallest absolute Gasteiger partial charge is 0.335 e. The molecule has 2 aromatic heterocycles. The molecule has 0 spiro atoms. The number of nitrogens with one attached hydrogen (secondary N) is 2. The summed E-state index contributed by atoms with van der Waals surface area (Å²) in [6, 6.07) is 14.3. The van der Waals surface area contributed by atoms with E-state index in [1.54, 1.807) is 31.2 Å². The zero-order valence-electron chi connectivity index (χ0n) is 16.1. The zero-order valence-corrected chi connectivity index (χ0v) is 16.9. The number of hydrogen-bond donors (Lipinski definition) is 3. The second-order valence-corrected chi connectivity index (χ2v) is 7.28. The van der Waals surface area contributed by atoms with Crippen LogP contribution in [-0.4, -0.2) is 31.9 Å². The highest BCUT2D eigenvalue weighted by atomic mass is 35.5. The second kappa shape index (κ2) is 8.04. The Hall–Kier alpha value is -3.58. The van der Waals surface area contributed by atoms with Crippen molar-refractivity contribution in [2.45, 2.75) is 13.3 Å². The summed E-state index contributed by atoms with van der Waals surface area (Å²) in [5.74, 6) is -0.459. The summed E-state index contributed by atoms with van der Waals surface area (Å²) in [5, 5.41) is 12.3. The predicted molar refractivity (Wildman–Crippen MR) is 118 cm³/mol. The van der Waals surface area contributed by atoms with Crippen LogP contribution in [-0.2, 0) is 6.42 Å². The van der Waals surface area contributed by atoms with Crippen molar-refractivity contribution in [2.24, 2.45) is 4.99 Å². The average molecular weight is 423 g/mol. The van der Waals surface area contributed by atoms with E-state index in [9.17, 15) is 14.7 Å². The van der Waals surface area contributed by atoms with Crippen LogP contribution >= 0.6 is 11.6 Å². The van der Waals surface area contributed by atoms with Crippen molar-refractivity contribution in [1.29, 1.82) is 0 Å². The van der Waals surface area contributed by atoms with Crippen LogP contribution in [0.15, 0.2) is 69.3 Å². The Morgan fingerprint density at radius 1 is 1.13 bits per heavy atom. The molecule has 2 heterocycles. The highest BCUT2D eigenvalue weighted by Crippen LogP contribution is 2.20. The maximum atomic E-state index is 12.4. The van der Waals surface area contributed by atoms with Crippen molar-refractivity contribution in [3.8, 4) is 11.6 Å². The lowest BCUT2D eigenvalue weighted by Crippen LogP contribution is -2.32. The number of aromatic amines is 2. The Balaban J connectivity index is 1.65. The molecule has 0 aliphatic carbocycles. The first-order valence-electron chi connectivity index (χ1n) is 9.36. The van der Waals surface area contributed by atoms with Crippen LogP contribution in [0.3, 0.4) is 0 Å². The number of fused-ring (bicyclic) bond motifs is 1. The van der Waals surface area contributed by atoms with Crippen LogP contribution in [0.2, 0.25) is 5.02 Å². The van der Waals surface area contributed by atoms with Crippen LogP contribution in [0.25, 0.3) is 16.6 Å². The Bertz CT molecular complexity index is 1360. The topological polar surface area (TPSA) is 103 Å². The number of nitrogens with zero attached hydrogens (tertiary/aromatic N) is 2. The van der Waals surface area contributed by atoms with Crippen molar-refractivity contribution in [2.75, 3.05) is 6.54 Å². The number of aromatic hydroxyl groups is 1. The van der Waals surface area contributed by atoms with Gasteiger partial charge < -0.3 is 10.1 Å². The van der Waals surface area contributed by atoms with Crippen LogP contribution < -0.4 is 11.2 Å². The van der Waals surface area contributed by atoms with Gasteiger partial charge in [-0.1, -0.05) is 29.8 Å². The Labute approximate surface area is 176 Å². The van der Waals surface area contributed by atoms with Gasteiger partial charge >= 0.3 is 5.69 Å². The third-order valence-corrected chi connectivity index (χ3v) is 5.19. The molecular formula is C22H19ClN4O3. The fourth-order valence-corrected chi connectivity index (χ4v) is 3.57. The third kappa shape index (κ3) is 3.67. The van der Waals surface area contributed by atoms with Gasteiger partial charge in [-0.15, -0.1) is 0 Å². The molecule has 30 heavy (non-hydrogen) atoms. The molecule has 0 atom stereocenters. The Morgan fingerprint density at radius 2 is 1.87 bits per heavy atom. The molecule has 152 valence electrons. The number of aromatic nitrogens is 3. The van der Waals surface area contributed by atoms with E-state index in [0.717, 1.165) is 21.0 Å². The summed E-state index contributed by atoms with van der Waals surface area (Å²) in [5.41, 5.74) is 1.43. The second-order valence-electron chi connectivity index (χ2n) is 6.85. The molecule has 0 amide bonds. The lowest BCUT2D eigenvalue weighted by Gasteiger charge is -2.11. The molecule has 0 unspecified atom stereocenters. The van der Waals surface area contributed by atoms with Gasteiger partial charge in [-0.2, -0.15) is 0 Å². The van der Waals surface area contributed by atoms with E-state index in [0.29, 0.717) is 29.4 Å². The number of aliphatic imine (C=N–C) groups is 1. The SMILES string of the molecule is CC(=NCCc1c[nH]c2ccccc12)c1c(O)n(-c2ccc(Cl)cc2)c(=O)[nH]c1=O.